The summed E-state index contributed by atoms with van der Waals surface area (Å²) in [6.07, 6.45) is 0. The van der Waals surface area contributed by atoms with Crippen LogP contribution in [0.4, 0.5) is 5.69 Å². The highest BCUT2D eigenvalue weighted by molar-refractivity contribution is 6.30. The van der Waals surface area contributed by atoms with Crippen molar-refractivity contribution in [3.8, 4) is 11.4 Å². The molecule has 8 nitrogen and oxygen atoms in total. The van der Waals surface area contributed by atoms with Gasteiger partial charge in [-0.05, 0) is 69.3 Å². The molecule has 1 aromatic heterocycles. The molecule has 35 heavy (non-hydrogen) atoms. The van der Waals surface area contributed by atoms with Crippen molar-refractivity contribution < 1.29 is 24.0 Å². The zero-order valence-electron chi connectivity index (χ0n) is 19.0. The second kappa shape index (κ2) is 9.15. The van der Waals surface area contributed by atoms with E-state index >= 15 is 0 Å². The molecular formula is C26H19ClN2O6. The van der Waals surface area contributed by atoms with Crippen LogP contribution < -0.4 is 4.74 Å². The highest BCUT2D eigenvalue weighted by atomic mass is 35.5. The second-order valence-electron chi connectivity index (χ2n) is 7.94. The van der Waals surface area contributed by atoms with E-state index in [1.54, 1.807) is 37.3 Å². The minimum absolute atomic E-state index is 0.0101. The van der Waals surface area contributed by atoms with Gasteiger partial charge >= 0.3 is 5.97 Å². The summed E-state index contributed by atoms with van der Waals surface area (Å²) in [4.78, 5) is 48.1. The van der Waals surface area contributed by atoms with Gasteiger partial charge in [0.2, 0.25) is 0 Å². The third-order valence-corrected chi connectivity index (χ3v) is 5.89. The molecule has 3 aromatic carbocycles. The van der Waals surface area contributed by atoms with Gasteiger partial charge in [-0.25, -0.2) is 4.79 Å². The van der Waals surface area contributed by atoms with E-state index in [4.69, 9.17) is 16.3 Å². The number of nitro benzene ring substituents is 1. The fraction of sp³-hybridized carbons (Fsp3) is 0.115. The normalized spacial score (nSPS) is 10.9. The maximum absolute atomic E-state index is 12.8. The number of esters is 1. The first kappa shape index (κ1) is 23.8. The van der Waals surface area contributed by atoms with Crippen LogP contribution in [-0.4, -0.2) is 27.0 Å². The third kappa shape index (κ3) is 4.43. The maximum Gasteiger partial charge on any atom is 0.343 e. The van der Waals surface area contributed by atoms with Crippen LogP contribution in [-0.2, 0) is 0 Å². The van der Waals surface area contributed by atoms with E-state index in [0.717, 1.165) is 5.69 Å². The molecule has 0 aliphatic heterocycles. The molecule has 0 aliphatic rings. The lowest BCUT2D eigenvalue weighted by atomic mass is 10.0. The molecule has 0 N–H and O–H groups in total. The summed E-state index contributed by atoms with van der Waals surface area (Å²) in [6.45, 7) is 4.58. The first-order chi connectivity index (χ1) is 16.6. The first-order valence-electron chi connectivity index (χ1n) is 10.5. The van der Waals surface area contributed by atoms with Gasteiger partial charge in [0.1, 0.15) is 5.75 Å². The summed E-state index contributed by atoms with van der Waals surface area (Å²) in [7, 11) is 0. The van der Waals surface area contributed by atoms with Gasteiger partial charge in [-0.15, -0.1) is 0 Å². The van der Waals surface area contributed by atoms with E-state index in [1.807, 2.05) is 4.57 Å². The highest BCUT2D eigenvalue weighted by Crippen LogP contribution is 2.35. The topological polar surface area (TPSA) is 109 Å². The maximum atomic E-state index is 12.8. The molecule has 176 valence electrons. The highest BCUT2D eigenvalue weighted by Gasteiger charge is 2.23. The first-order valence-corrected chi connectivity index (χ1v) is 10.9. The van der Waals surface area contributed by atoms with Crippen LogP contribution in [0.1, 0.15) is 50.6 Å². The number of nitro groups is 1. The number of hydrogen-bond acceptors (Lipinski definition) is 6. The predicted molar refractivity (Wildman–Crippen MR) is 131 cm³/mol. The van der Waals surface area contributed by atoms with Crippen LogP contribution in [0, 0.1) is 17.0 Å². The zero-order valence-corrected chi connectivity index (χ0v) is 19.8. The Morgan fingerprint density at radius 3 is 2.11 bits per heavy atom. The summed E-state index contributed by atoms with van der Waals surface area (Å²) in [5, 5.41) is 11.9. The van der Waals surface area contributed by atoms with E-state index in [-0.39, 0.29) is 34.1 Å². The van der Waals surface area contributed by atoms with E-state index in [1.165, 1.54) is 44.2 Å². The molecule has 1 heterocycles. The Balaban J connectivity index is 1.88. The Hall–Kier alpha value is -4.30. The number of fused-ring (bicyclic) bond motifs is 1. The number of carbonyl (C=O) groups excluding carboxylic acids is 3. The lowest BCUT2D eigenvalue weighted by Gasteiger charge is -2.12. The number of hydrogen-bond donors (Lipinski definition) is 0. The molecule has 0 amide bonds. The third-order valence-electron chi connectivity index (χ3n) is 5.64. The fourth-order valence-corrected chi connectivity index (χ4v) is 4.17. The number of ether oxygens (including phenoxy) is 1. The van der Waals surface area contributed by atoms with Crippen LogP contribution in [0.5, 0.6) is 5.75 Å². The number of aromatic nitrogens is 1. The van der Waals surface area contributed by atoms with Gasteiger partial charge in [-0.3, -0.25) is 19.7 Å². The van der Waals surface area contributed by atoms with Gasteiger partial charge < -0.3 is 9.30 Å². The van der Waals surface area contributed by atoms with Crippen molar-refractivity contribution in [2.45, 2.75) is 20.8 Å². The molecular weight excluding hydrogens is 472 g/mol. The smallest absolute Gasteiger partial charge is 0.343 e. The number of carbonyl (C=O) groups is 3. The lowest BCUT2D eigenvalue weighted by Crippen LogP contribution is -2.11. The summed E-state index contributed by atoms with van der Waals surface area (Å²) >= 11 is 6.03. The Morgan fingerprint density at radius 2 is 1.57 bits per heavy atom. The van der Waals surface area contributed by atoms with Gasteiger partial charge in [-0.2, -0.15) is 0 Å². The molecule has 0 atom stereocenters. The van der Waals surface area contributed by atoms with E-state index in [2.05, 4.69) is 0 Å². The molecule has 9 heteroatoms. The Morgan fingerprint density at radius 1 is 0.943 bits per heavy atom. The molecule has 0 unspecified atom stereocenters. The average Bonchev–Trinajstić information content (AvgIpc) is 3.10. The second-order valence-corrected chi connectivity index (χ2v) is 8.38. The van der Waals surface area contributed by atoms with Gasteiger partial charge in [-0.1, -0.05) is 11.6 Å². The molecule has 0 bridgehead atoms. The molecule has 0 aliphatic carbocycles. The van der Waals surface area contributed by atoms with Crippen molar-refractivity contribution in [3.63, 3.8) is 0 Å². The van der Waals surface area contributed by atoms with Crippen molar-refractivity contribution >= 4 is 45.7 Å². The Kier molecular flexibility index (Phi) is 6.24. The molecule has 4 rings (SSSR count). The van der Waals surface area contributed by atoms with Crippen molar-refractivity contribution in [1.82, 2.24) is 4.57 Å². The van der Waals surface area contributed by atoms with Gasteiger partial charge in [0, 0.05) is 39.5 Å². The van der Waals surface area contributed by atoms with Crippen molar-refractivity contribution in [1.29, 1.82) is 0 Å². The number of halogens is 1. The lowest BCUT2D eigenvalue weighted by molar-refractivity contribution is -0.384. The summed E-state index contributed by atoms with van der Waals surface area (Å²) in [5.41, 5.74) is 2.48. The van der Waals surface area contributed by atoms with Crippen LogP contribution >= 0.6 is 11.6 Å². The Labute approximate surface area is 204 Å². The van der Waals surface area contributed by atoms with Crippen molar-refractivity contribution in [3.05, 3.63) is 98.2 Å². The SMILES string of the molecule is CC(=O)c1cc2c(cc1OC(=O)c1ccc([N+](=O)[O-])cc1)c(C(C)=O)c(C)n2-c1ccc(Cl)cc1. The number of ketones is 2. The standard InChI is InChI=1S/C26H19ClN2O6/c1-14-25(16(3)31)22-13-24(35-26(32)17-4-8-20(9-5-17)29(33)34)21(15(2)30)12-23(22)28(14)19-10-6-18(27)7-11-19/h4-13H,1-3H3. The summed E-state index contributed by atoms with van der Waals surface area (Å²) in [6, 6.07) is 15.1. The number of rotatable bonds is 6. The average molecular weight is 491 g/mol. The van der Waals surface area contributed by atoms with Gasteiger partial charge in [0.05, 0.1) is 21.6 Å². The number of non-ortho nitro benzene ring substituents is 1. The van der Waals surface area contributed by atoms with Crippen LogP contribution in [0.25, 0.3) is 16.6 Å². The van der Waals surface area contributed by atoms with Crippen LogP contribution in [0.3, 0.4) is 0 Å². The largest absolute Gasteiger partial charge is 0.422 e. The number of benzene rings is 3. The molecule has 0 spiro atoms. The number of nitrogens with zero attached hydrogens (tertiary/aromatic N) is 2. The van der Waals surface area contributed by atoms with Gasteiger partial charge in [0.15, 0.2) is 11.6 Å². The van der Waals surface area contributed by atoms with E-state index in [9.17, 15) is 24.5 Å². The fourth-order valence-electron chi connectivity index (χ4n) is 4.05. The molecule has 0 saturated carbocycles. The molecule has 0 radical (unpaired) electrons. The van der Waals surface area contributed by atoms with E-state index in [0.29, 0.717) is 27.2 Å². The number of Topliss-reactive ketones (excluding diaryl/α,β-unsaturated/α-hetero) is 2. The zero-order chi connectivity index (χ0) is 25.4. The van der Waals surface area contributed by atoms with Crippen molar-refractivity contribution in [2.75, 3.05) is 0 Å². The Bertz CT molecular complexity index is 1520. The van der Waals surface area contributed by atoms with Crippen LogP contribution in [0.2, 0.25) is 5.02 Å². The van der Waals surface area contributed by atoms with Crippen LogP contribution in [0.15, 0.2) is 60.7 Å². The minimum Gasteiger partial charge on any atom is -0.422 e. The van der Waals surface area contributed by atoms with Gasteiger partial charge in [0.25, 0.3) is 5.69 Å². The summed E-state index contributed by atoms with van der Waals surface area (Å²) in [5.74, 6) is -1.34. The predicted octanol–water partition coefficient (Wildman–Crippen LogP) is 6.12. The monoisotopic (exact) mass is 490 g/mol. The molecule has 0 saturated heterocycles. The molecule has 0 fully saturated rings. The van der Waals surface area contributed by atoms with Crippen molar-refractivity contribution in [2.24, 2.45) is 0 Å². The van der Waals surface area contributed by atoms with E-state index < -0.39 is 10.9 Å². The molecule has 4 aromatic rings. The minimum atomic E-state index is -0.792. The quantitative estimate of drug-likeness (QED) is 0.106. The summed E-state index contributed by atoms with van der Waals surface area (Å²) < 4.78 is 7.38.